The van der Waals surface area contributed by atoms with Gasteiger partial charge in [0.1, 0.15) is 59.6 Å². The smallest absolute Gasteiger partial charge is 0.220 e. The number of nitrogens with zero attached hydrogens (tertiary/aromatic N) is 1. The number of aromatic amines is 1. The van der Waals surface area contributed by atoms with Gasteiger partial charge in [0.2, 0.25) is 5.91 Å². The zero-order valence-corrected chi connectivity index (χ0v) is 36.1. The Labute approximate surface area is 377 Å². The number of ether oxygens (including phenoxy) is 1. The fourth-order valence-corrected chi connectivity index (χ4v) is 10.9. The lowest BCUT2D eigenvalue weighted by molar-refractivity contribution is -0.380. The molecule has 0 unspecified atom stereocenters. The van der Waals surface area contributed by atoms with Crippen molar-refractivity contribution in [1.82, 2.24) is 20.2 Å². The molecule has 1 amide bonds. The van der Waals surface area contributed by atoms with Crippen molar-refractivity contribution in [3.05, 3.63) is 119 Å². The zero-order valence-electron chi connectivity index (χ0n) is 36.1. The second-order valence-electron chi connectivity index (χ2n) is 18.3. The first-order valence-corrected chi connectivity index (χ1v) is 22.1. The summed E-state index contributed by atoms with van der Waals surface area (Å²) in [5, 5.41) is 84.7. The van der Waals surface area contributed by atoms with Crippen molar-refractivity contribution in [1.29, 1.82) is 0 Å². The number of aryl methyl sites for hydroxylation is 1. The van der Waals surface area contributed by atoms with Crippen LogP contribution in [-0.4, -0.2) is 120 Å². The number of H-pyrrole nitrogens is 1. The molecule has 1 saturated heterocycles. The molecule has 0 radical (unpaired) electrons. The Morgan fingerprint density at radius 1 is 0.970 bits per heavy atom. The van der Waals surface area contributed by atoms with Crippen LogP contribution >= 0.6 is 0 Å². The Morgan fingerprint density at radius 2 is 1.79 bits per heavy atom. The topological polar surface area (TPSA) is 261 Å². The van der Waals surface area contributed by atoms with Crippen molar-refractivity contribution in [2.75, 3.05) is 26.8 Å². The number of phenolic OH excluding ortho intramolecular Hbond substituents is 2. The average molecular weight is 905 g/mol. The quantitative estimate of drug-likeness (QED) is 0.0454. The van der Waals surface area contributed by atoms with E-state index in [4.69, 9.17) is 18.9 Å². The number of likely N-dealkylation sites (N-methyl/N-ethyl adjacent to an activating group) is 1. The molecule has 5 heterocycles. The van der Waals surface area contributed by atoms with Crippen LogP contribution in [0.3, 0.4) is 0 Å². The van der Waals surface area contributed by atoms with Crippen molar-refractivity contribution < 1.29 is 59.5 Å². The Balaban J connectivity index is 1.10. The molecule has 3 aromatic heterocycles. The van der Waals surface area contributed by atoms with Gasteiger partial charge in [-0.15, -0.1) is 0 Å². The highest BCUT2D eigenvalue weighted by Gasteiger charge is 2.63. The number of aromatic nitrogens is 2. The third-order valence-electron chi connectivity index (χ3n) is 14.3. The van der Waals surface area contributed by atoms with E-state index in [0.29, 0.717) is 63.0 Å². The predicted molar refractivity (Wildman–Crippen MR) is 240 cm³/mol. The maximum Gasteiger partial charge on any atom is 0.220 e. The molecule has 4 aliphatic rings. The van der Waals surface area contributed by atoms with Gasteiger partial charge in [-0.05, 0) is 73.2 Å². The van der Waals surface area contributed by atoms with Gasteiger partial charge in [0.15, 0.2) is 22.4 Å². The fraction of sp³-hybridized carbons (Fsp3) is 0.388. The molecule has 11 atom stereocenters. The molecule has 0 saturated carbocycles. The monoisotopic (exact) mass is 904 g/mol. The first kappa shape index (κ1) is 43.9. The predicted octanol–water partition coefficient (Wildman–Crippen LogP) is 2.69. The van der Waals surface area contributed by atoms with E-state index >= 15 is 0 Å². The summed E-state index contributed by atoms with van der Waals surface area (Å²) in [6.07, 6.45) is 6.90. The van der Waals surface area contributed by atoms with E-state index in [0.717, 1.165) is 10.9 Å². The number of benzene rings is 3. The summed E-state index contributed by atoms with van der Waals surface area (Å²) >= 11 is 0. The minimum Gasteiger partial charge on any atom is -0.508 e. The largest absolute Gasteiger partial charge is 0.508 e. The van der Waals surface area contributed by atoms with Crippen LogP contribution in [0.4, 0.5) is 0 Å². The van der Waals surface area contributed by atoms with Gasteiger partial charge >= 0.3 is 0 Å². The summed E-state index contributed by atoms with van der Waals surface area (Å²) < 4.78 is 15.9. The molecular formula is C49H52N4O13. The minimum atomic E-state index is -2.45. The number of phenols is 2. The SMILES string of the molecule is CN[C@@H]1C=C[C@@H]2[C@@H]([C@@H]3CNC(=O)C3)C=C[C@H]1[C@@]21Oc2c(cc3c(=O)cc(C)oc3c2-n2cc3cc[nH]c3c2)C[C@H]1OOC[C@@](O)(Cc1ccc(O)c2ccc(O)cc12)[C@@H](O)[C@H](O)[C@H](O)CO. The first-order valence-electron chi connectivity index (χ1n) is 22.1. The Morgan fingerprint density at radius 3 is 2.55 bits per heavy atom. The van der Waals surface area contributed by atoms with Gasteiger partial charge < -0.3 is 65.1 Å². The van der Waals surface area contributed by atoms with Crippen LogP contribution in [0.15, 0.2) is 101 Å². The van der Waals surface area contributed by atoms with Crippen molar-refractivity contribution in [3.63, 3.8) is 0 Å². The summed E-state index contributed by atoms with van der Waals surface area (Å²) in [5.74, 6) is -0.667. The summed E-state index contributed by atoms with van der Waals surface area (Å²) in [7, 11) is 1.84. The zero-order chi connectivity index (χ0) is 46.2. The van der Waals surface area contributed by atoms with Gasteiger partial charge in [0.25, 0.3) is 0 Å². The van der Waals surface area contributed by atoms with Gasteiger partial charge in [-0.1, -0.05) is 30.4 Å². The van der Waals surface area contributed by atoms with E-state index in [1.54, 1.807) is 13.0 Å². The van der Waals surface area contributed by atoms with Gasteiger partial charge in [0, 0.05) is 84.7 Å². The van der Waals surface area contributed by atoms with E-state index in [-0.39, 0.29) is 47.1 Å². The highest BCUT2D eigenvalue weighted by Crippen LogP contribution is 2.56. The molecule has 10 rings (SSSR count). The van der Waals surface area contributed by atoms with Crippen molar-refractivity contribution in [2.45, 2.75) is 67.8 Å². The van der Waals surface area contributed by atoms with Crippen molar-refractivity contribution in [3.8, 4) is 22.9 Å². The number of nitrogens with one attached hydrogen (secondary N) is 3. The number of aromatic hydroxyl groups is 2. The van der Waals surface area contributed by atoms with E-state index in [2.05, 4.69) is 39.9 Å². The molecule has 10 N–H and O–H groups in total. The van der Waals surface area contributed by atoms with Gasteiger partial charge in [-0.25, -0.2) is 9.78 Å². The molecule has 2 bridgehead atoms. The van der Waals surface area contributed by atoms with Crippen LogP contribution in [0.5, 0.6) is 17.2 Å². The highest BCUT2D eigenvalue weighted by molar-refractivity contribution is 5.93. The summed E-state index contributed by atoms with van der Waals surface area (Å²) in [4.78, 5) is 42.4. The van der Waals surface area contributed by atoms with Crippen LogP contribution < -0.4 is 20.8 Å². The van der Waals surface area contributed by atoms with Crippen LogP contribution in [0.25, 0.3) is 38.3 Å². The van der Waals surface area contributed by atoms with Gasteiger partial charge in [0.05, 0.1) is 17.5 Å². The molecular weight excluding hydrogens is 853 g/mol. The minimum absolute atomic E-state index is 0.0612. The second-order valence-corrected chi connectivity index (χ2v) is 18.3. The van der Waals surface area contributed by atoms with E-state index in [1.807, 2.05) is 36.3 Å². The van der Waals surface area contributed by atoms with Crippen LogP contribution in [-0.2, 0) is 27.4 Å². The highest BCUT2D eigenvalue weighted by atomic mass is 17.2. The Bertz CT molecular complexity index is 2950. The second kappa shape index (κ2) is 16.7. The number of rotatable bonds is 13. The molecule has 66 heavy (non-hydrogen) atoms. The lowest BCUT2D eigenvalue weighted by Crippen LogP contribution is -2.69. The van der Waals surface area contributed by atoms with Crippen LogP contribution in [0.1, 0.15) is 23.3 Å². The lowest BCUT2D eigenvalue weighted by Gasteiger charge is -2.58. The van der Waals surface area contributed by atoms with Crippen molar-refractivity contribution in [2.24, 2.45) is 23.7 Å². The number of fused-ring (bicyclic) bond motifs is 4. The molecule has 2 aliphatic carbocycles. The number of allylic oxidation sites excluding steroid dienone is 1. The molecule has 2 aliphatic heterocycles. The molecule has 1 fully saturated rings. The molecule has 1 spiro atoms. The van der Waals surface area contributed by atoms with E-state index in [9.17, 15) is 45.3 Å². The third-order valence-corrected chi connectivity index (χ3v) is 14.3. The summed E-state index contributed by atoms with van der Waals surface area (Å²) in [6.45, 7) is 0.408. The summed E-state index contributed by atoms with van der Waals surface area (Å²) in [6, 6.07) is 11.9. The molecule has 6 aromatic rings. The standard InChI is InChI=1S/C49H52N4O13/c1-24-13-39(57)33-14-27-15-41(66-63-23-48(62,47(61)44(60)40(58)22-54)18-25-3-10-38(56)31-5-4-29(55)17-32(25)31)49(65-45(27)43(46(33)64-24)53-20-26-11-12-51-37(26)21-53)34-8-9-36(50-2)35(49)7-6-30(34)28-16-42(59)52-19-28/h3-14,17,20-21,28,30,34-36,40-41,44,47,50-51,54-56,58,60-62H,15-16,18-19,22-23H2,1-2H3,(H,52,59)/t28-,30+,34+,35+,36+,40+,41+,44+,47-,48-,49-/m0/s1. The lowest BCUT2D eigenvalue weighted by atomic mass is 9.56. The van der Waals surface area contributed by atoms with Gasteiger partial charge in [-0.2, -0.15) is 0 Å². The number of carbonyl (C=O) groups excluding carboxylic acids is 1. The average Bonchev–Trinajstić information content (AvgIpc) is 4.04. The van der Waals surface area contributed by atoms with Crippen molar-refractivity contribution >= 4 is 38.6 Å². The first-order chi connectivity index (χ1) is 31.7. The molecule has 17 nitrogen and oxygen atoms in total. The normalized spacial score (nSPS) is 26.9. The summed E-state index contributed by atoms with van der Waals surface area (Å²) in [5.41, 5.74) is -1.45. The molecule has 346 valence electrons. The maximum absolute atomic E-state index is 13.8. The number of aliphatic hydroxyl groups is 5. The number of hydrogen-bond donors (Lipinski definition) is 10. The van der Waals surface area contributed by atoms with E-state index < -0.39 is 67.1 Å². The van der Waals surface area contributed by atoms with Crippen LogP contribution in [0.2, 0.25) is 0 Å². The molecule has 17 heteroatoms. The number of carbonyl (C=O) groups is 1. The third kappa shape index (κ3) is 7.17. The number of aliphatic hydroxyl groups excluding tert-OH is 4. The molecule has 3 aromatic carbocycles. The van der Waals surface area contributed by atoms with Crippen LogP contribution in [0, 0.1) is 30.6 Å². The Hall–Kier alpha value is -6.02. The fourth-order valence-electron chi connectivity index (χ4n) is 10.9. The van der Waals surface area contributed by atoms with Gasteiger partial charge in [-0.3, -0.25) is 9.59 Å². The Kier molecular flexibility index (Phi) is 11.1. The maximum atomic E-state index is 13.8. The number of hydrogen-bond acceptors (Lipinski definition) is 14. The number of amides is 1. The van der Waals surface area contributed by atoms with E-state index in [1.165, 1.54) is 36.4 Å².